The van der Waals surface area contributed by atoms with Crippen molar-refractivity contribution in [1.29, 1.82) is 0 Å². The third-order valence-corrected chi connectivity index (χ3v) is 5.13. The third-order valence-electron chi connectivity index (χ3n) is 5.13. The third kappa shape index (κ3) is 6.00. The van der Waals surface area contributed by atoms with Crippen molar-refractivity contribution >= 4 is 17.7 Å². The molecule has 0 bridgehead atoms. The molecule has 7 nitrogen and oxygen atoms in total. The zero-order valence-electron chi connectivity index (χ0n) is 17.0. The lowest BCUT2D eigenvalue weighted by Crippen LogP contribution is -2.36. The summed E-state index contributed by atoms with van der Waals surface area (Å²) in [6.45, 7) is 3.25. The maximum absolute atomic E-state index is 13.4. The SMILES string of the molecule is CC(CC(=O)NC[C@@H](C(=O)O)c1cccc(F)c1)NCc1ccc2c(n1)NCCC2. The predicted octanol–water partition coefficient (Wildman–Crippen LogP) is 2.43. The molecule has 4 N–H and O–H groups in total. The highest BCUT2D eigenvalue weighted by Gasteiger charge is 2.21. The quantitative estimate of drug-likeness (QED) is 0.503. The number of halogens is 1. The van der Waals surface area contributed by atoms with Gasteiger partial charge in [-0.2, -0.15) is 0 Å². The van der Waals surface area contributed by atoms with Crippen molar-refractivity contribution in [3.63, 3.8) is 0 Å². The van der Waals surface area contributed by atoms with Crippen LogP contribution in [0, 0.1) is 5.82 Å². The first-order chi connectivity index (χ1) is 14.4. The van der Waals surface area contributed by atoms with Crippen LogP contribution in [0.5, 0.6) is 0 Å². The van der Waals surface area contributed by atoms with Crippen LogP contribution in [0.3, 0.4) is 0 Å². The second-order valence-electron chi connectivity index (χ2n) is 7.58. The van der Waals surface area contributed by atoms with Crippen molar-refractivity contribution in [3.05, 3.63) is 59.0 Å². The van der Waals surface area contributed by atoms with Crippen molar-refractivity contribution in [3.8, 4) is 0 Å². The molecule has 1 aliphatic heterocycles. The number of carbonyl (C=O) groups excluding carboxylic acids is 1. The number of benzene rings is 1. The maximum Gasteiger partial charge on any atom is 0.312 e. The molecule has 0 aliphatic carbocycles. The van der Waals surface area contributed by atoms with Crippen LogP contribution in [0.15, 0.2) is 36.4 Å². The van der Waals surface area contributed by atoms with Gasteiger partial charge >= 0.3 is 5.97 Å². The van der Waals surface area contributed by atoms with Gasteiger partial charge in [0.05, 0.1) is 11.6 Å². The van der Waals surface area contributed by atoms with E-state index in [1.54, 1.807) is 6.07 Å². The average Bonchev–Trinajstić information content (AvgIpc) is 2.72. The number of pyridine rings is 1. The Morgan fingerprint density at radius 3 is 2.90 bits per heavy atom. The van der Waals surface area contributed by atoms with Crippen molar-refractivity contribution in [1.82, 2.24) is 15.6 Å². The van der Waals surface area contributed by atoms with E-state index in [4.69, 9.17) is 0 Å². The van der Waals surface area contributed by atoms with Crippen LogP contribution in [-0.4, -0.2) is 41.1 Å². The van der Waals surface area contributed by atoms with Crippen molar-refractivity contribution < 1.29 is 19.1 Å². The van der Waals surface area contributed by atoms with Crippen molar-refractivity contribution in [2.75, 3.05) is 18.4 Å². The molecule has 0 fully saturated rings. The maximum atomic E-state index is 13.4. The molecule has 0 saturated heterocycles. The van der Waals surface area contributed by atoms with Gasteiger partial charge in [-0.3, -0.25) is 9.59 Å². The zero-order chi connectivity index (χ0) is 21.5. The van der Waals surface area contributed by atoms with E-state index < -0.39 is 17.7 Å². The second kappa shape index (κ2) is 10.2. The Bertz CT molecular complexity index is 906. The minimum Gasteiger partial charge on any atom is -0.481 e. The molecule has 1 aliphatic rings. The van der Waals surface area contributed by atoms with Crippen molar-refractivity contribution in [2.45, 2.75) is 44.7 Å². The summed E-state index contributed by atoms with van der Waals surface area (Å²) in [5, 5.41) is 18.6. The molecule has 1 amide bonds. The molecule has 160 valence electrons. The molecule has 2 atom stereocenters. The monoisotopic (exact) mass is 414 g/mol. The van der Waals surface area contributed by atoms with Gasteiger partial charge in [-0.25, -0.2) is 9.37 Å². The van der Waals surface area contributed by atoms with Gasteiger partial charge in [0, 0.05) is 32.1 Å². The van der Waals surface area contributed by atoms with Gasteiger partial charge in [-0.1, -0.05) is 18.2 Å². The van der Waals surface area contributed by atoms with Crippen molar-refractivity contribution in [2.24, 2.45) is 0 Å². The number of carboxylic acid groups (broad SMARTS) is 1. The summed E-state index contributed by atoms with van der Waals surface area (Å²) in [7, 11) is 0. The Balaban J connectivity index is 1.46. The molecule has 0 saturated carbocycles. The molecule has 3 rings (SSSR count). The van der Waals surface area contributed by atoms with E-state index in [-0.39, 0.29) is 24.9 Å². The van der Waals surface area contributed by atoms with Gasteiger partial charge in [0.2, 0.25) is 5.91 Å². The van der Waals surface area contributed by atoms with Crippen LogP contribution < -0.4 is 16.0 Å². The molecular weight excluding hydrogens is 387 g/mol. The fourth-order valence-electron chi connectivity index (χ4n) is 3.46. The molecule has 0 spiro atoms. The van der Waals surface area contributed by atoms with Gasteiger partial charge in [-0.05, 0) is 49.1 Å². The number of carboxylic acids is 1. The lowest BCUT2D eigenvalue weighted by Gasteiger charge is -2.19. The highest BCUT2D eigenvalue weighted by atomic mass is 19.1. The fraction of sp³-hybridized carbons (Fsp3) is 0.409. The summed E-state index contributed by atoms with van der Waals surface area (Å²) in [4.78, 5) is 28.4. The Labute approximate surface area is 175 Å². The molecule has 1 unspecified atom stereocenters. The van der Waals surface area contributed by atoms with E-state index in [0.717, 1.165) is 30.9 Å². The smallest absolute Gasteiger partial charge is 0.312 e. The Kier molecular flexibility index (Phi) is 7.35. The van der Waals surface area contributed by atoms with Crippen LogP contribution >= 0.6 is 0 Å². The molecule has 0 radical (unpaired) electrons. The lowest BCUT2D eigenvalue weighted by atomic mass is 9.99. The molecule has 1 aromatic carbocycles. The molecule has 8 heteroatoms. The number of amides is 1. The van der Waals surface area contributed by atoms with Crippen LogP contribution in [0.1, 0.15) is 42.5 Å². The highest BCUT2D eigenvalue weighted by Crippen LogP contribution is 2.20. The van der Waals surface area contributed by atoms with E-state index in [9.17, 15) is 19.1 Å². The summed E-state index contributed by atoms with van der Waals surface area (Å²) in [5.41, 5.74) is 2.44. The minimum absolute atomic E-state index is 0.0949. The first kappa shape index (κ1) is 21.7. The number of rotatable bonds is 9. The number of fused-ring (bicyclic) bond motifs is 1. The minimum atomic E-state index is -1.11. The van der Waals surface area contributed by atoms with Gasteiger partial charge < -0.3 is 21.1 Å². The van der Waals surface area contributed by atoms with E-state index in [0.29, 0.717) is 12.1 Å². The number of aryl methyl sites for hydroxylation is 1. The first-order valence-corrected chi connectivity index (χ1v) is 10.1. The Morgan fingerprint density at radius 1 is 1.30 bits per heavy atom. The standard InChI is InChI=1S/C22H27FN4O3/c1-14(25-12-18-8-7-15-5-3-9-24-21(15)27-18)10-20(28)26-13-19(22(29)30)16-4-2-6-17(23)11-16/h2,4,6-8,11,14,19,25H,3,5,9-10,12-13H2,1H3,(H,24,27)(H,26,28)(H,29,30)/t14?,19-/m1/s1. The largest absolute Gasteiger partial charge is 0.481 e. The van der Waals surface area contributed by atoms with Gasteiger partial charge in [0.15, 0.2) is 0 Å². The summed E-state index contributed by atoms with van der Waals surface area (Å²) in [6.07, 6.45) is 2.34. The van der Waals surface area contributed by atoms with Crippen LogP contribution in [-0.2, 0) is 22.6 Å². The summed E-state index contributed by atoms with van der Waals surface area (Å²) >= 11 is 0. The number of nitrogens with zero attached hydrogens (tertiary/aromatic N) is 1. The van der Waals surface area contributed by atoms with Crippen LogP contribution in [0.2, 0.25) is 0 Å². The van der Waals surface area contributed by atoms with Crippen LogP contribution in [0.25, 0.3) is 0 Å². The van der Waals surface area contributed by atoms with E-state index in [2.05, 4.69) is 27.0 Å². The van der Waals surface area contributed by atoms with E-state index in [1.807, 2.05) is 13.0 Å². The topological polar surface area (TPSA) is 103 Å². The summed E-state index contributed by atoms with van der Waals surface area (Å²) in [6, 6.07) is 9.38. The summed E-state index contributed by atoms with van der Waals surface area (Å²) < 4.78 is 13.4. The molecular formula is C22H27FN4O3. The number of aliphatic carboxylic acids is 1. The van der Waals surface area contributed by atoms with Crippen LogP contribution in [0.4, 0.5) is 10.2 Å². The Hall–Kier alpha value is -3.00. The van der Waals surface area contributed by atoms with Gasteiger partial charge in [-0.15, -0.1) is 0 Å². The summed E-state index contributed by atoms with van der Waals surface area (Å²) in [5.74, 6) is -1.95. The molecule has 2 heterocycles. The number of hydrogen-bond donors (Lipinski definition) is 4. The van der Waals surface area contributed by atoms with E-state index in [1.165, 1.54) is 23.8 Å². The van der Waals surface area contributed by atoms with Gasteiger partial charge in [0.25, 0.3) is 0 Å². The number of nitrogens with one attached hydrogen (secondary N) is 3. The first-order valence-electron chi connectivity index (χ1n) is 10.1. The normalized spacial score (nSPS) is 14.9. The van der Waals surface area contributed by atoms with Gasteiger partial charge in [0.1, 0.15) is 11.6 Å². The zero-order valence-corrected chi connectivity index (χ0v) is 17.0. The molecule has 2 aromatic rings. The number of carbonyl (C=O) groups is 2. The predicted molar refractivity (Wildman–Crippen MR) is 112 cm³/mol. The lowest BCUT2D eigenvalue weighted by molar-refractivity contribution is -0.138. The number of anilines is 1. The highest BCUT2D eigenvalue weighted by molar-refractivity contribution is 5.80. The molecule has 30 heavy (non-hydrogen) atoms. The average molecular weight is 414 g/mol. The number of hydrogen-bond acceptors (Lipinski definition) is 5. The number of aromatic nitrogens is 1. The van der Waals surface area contributed by atoms with E-state index >= 15 is 0 Å². The Morgan fingerprint density at radius 2 is 2.13 bits per heavy atom. The fourth-order valence-corrected chi connectivity index (χ4v) is 3.46. The second-order valence-corrected chi connectivity index (χ2v) is 7.58. The molecule has 1 aromatic heterocycles.